The molecule has 1 aromatic rings. The van der Waals surface area contributed by atoms with Gasteiger partial charge in [-0.3, -0.25) is 4.79 Å². The minimum Gasteiger partial charge on any atom is -0.469 e. The maximum atomic E-state index is 11.8. The van der Waals surface area contributed by atoms with Crippen LogP contribution < -0.4 is 0 Å². The maximum absolute atomic E-state index is 11.8. The molecule has 0 aliphatic rings. The first-order valence-electron chi connectivity index (χ1n) is 6.22. The molecule has 3 nitrogen and oxygen atoms in total. The van der Waals surface area contributed by atoms with E-state index in [1.807, 2.05) is 6.92 Å². The van der Waals surface area contributed by atoms with Crippen LogP contribution in [0.2, 0.25) is 10.0 Å². The molecule has 0 aliphatic carbocycles. The molecule has 0 aliphatic heterocycles. The smallest absolute Gasteiger partial charge is 0.311 e. The molecule has 0 bridgehead atoms. The molecule has 0 aromatic heterocycles. The van der Waals surface area contributed by atoms with Gasteiger partial charge in [0.15, 0.2) is 0 Å². The maximum Gasteiger partial charge on any atom is 0.311 e. The van der Waals surface area contributed by atoms with Crippen LogP contribution in [0.3, 0.4) is 0 Å². The van der Waals surface area contributed by atoms with Crippen molar-refractivity contribution in [2.24, 2.45) is 5.92 Å². The van der Waals surface area contributed by atoms with E-state index in [-0.39, 0.29) is 0 Å². The second kappa shape index (κ2) is 7.73. The first kappa shape index (κ1) is 16.3. The van der Waals surface area contributed by atoms with Crippen molar-refractivity contribution in [3.63, 3.8) is 0 Å². The van der Waals surface area contributed by atoms with Gasteiger partial charge >= 0.3 is 5.97 Å². The highest BCUT2D eigenvalue weighted by Gasteiger charge is 2.31. The van der Waals surface area contributed by atoms with Gasteiger partial charge in [-0.2, -0.15) is 0 Å². The molecule has 1 N–H and O–H groups in total. The molecule has 0 saturated carbocycles. The van der Waals surface area contributed by atoms with Crippen molar-refractivity contribution in [1.29, 1.82) is 0 Å². The summed E-state index contributed by atoms with van der Waals surface area (Å²) in [7, 11) is 1.31. The summed E-state index contributed by atoms with van der Waals surface area (Å²) in [5.74, 6) is -1.10. The Bertz CT molecular complexity index is 414. The lowest BCUT2D eigenvalue weighted by molar-refractivity contribution is -0.150. The zero-order chi connectivity index (χ0) is 14.4. The van der Waals surface area contributed by atoms with Gasteiger partial charge in [0.25, 0.3) is 0 Å². The van der Waals surface area contributed by atoms with Gasteiger partial charge in [-0.15, -0.1) is 0 Å². The third kappa shape index (κ3) is 4.10. The summed E-state index contributed by atoms with van der Waals surface area (Å²) in [6.45, 7) is 2.02. The number of ether oxygens (including phenoxy) is 1. The van der Waals surface area contributed by atoms with Crippen LogP contribution in [0.1, 0.15) is 37.9 Å². The standard InChI is InChI=1S/C14H18Cl2O3/c1-3-4-6-9(14(18)19-2)13(17)12-10(15)7-5-8-11(12)16/h5,7-9,13,17H,3-4,6H2,1-2H3. The van der Waals surface area contributed by atoms with E-state index in [0.29, 0.717) is 22.0 Å². The minimum atomic E-state index is -1.06. The molecule has 2 atom stereocenters. The molecular formula is C14H18Cl2O3. The number of hydrogen-bond acceptors (Lipinski definition) is 3. The van der Waals surface area contributed by atoms with Crippen molar-refractivity contribution in [1.82, 2.24) is 0 Å². The predicted molar refractivity (Wildman–Crippen MR) is 76.5 cm³/mol. The van der Waals surface area contributed by atoms with Crippen LogP contribution in [-0.2, 0) is 9.53 Å². The average Bonchev–Trinajstić information content (AvgIpc) is 2.38. The van der Waals surface area contributed by atoms with Crippen LogP contribution in [0.5, 0.6) is 0 Å². The first-order chi connectivity index (χ1) is 9.02. The Morgan fingerprint density at radius 3 is 2.42 bits per heavy atom. The molecule has 5 heteroatoms. The lowest BCUT2D eigenvalue weighted by atomic mass is 9.91. The van der Waals surface area contributed by atoms with Crippen LogP contribution in [-0.4, -0.2) is 18.2 Å². The fraction of sp³-hybridized carbons (Fsp3) is 0.500. The molecule has 0 radical (unpaired) electrons. The van der Waals surface area contributed by atoms with Gasteiger partial charge in [0, 0.05) is 15.6 Å². The van der Waals surface area contributed by atoms with Crippen molar-refractivity contribution in [2.45, 2.75) is 32.3 Å². The van der Waals surface area contributed by atoms with Crippen molar-refractivity contribution < 1.29 is 14.6 Å². The first-order valence-corrected chi connectivity index (χ1v) is 6.98. The number of aliphatic hydroxyl groups is 1. The molecule has 0 saturated heterocycles. The van der Waals surface area contributed by atoms with Crippen molar-refractivity contribution >= 4 is 29.2 Å². The zero-order valence-electron chi connectivity index (χ0n) is 11.0. The number of methoxy groups -OCH3 is 1. The summed E-state index contributed by atoms with van der Waals surface area (Å²) in [5, 5.41) is 11.1. The third-order valence-electron chi connectivity index (χ3n) is 3.05. The predicted octanol–water partition coefficient (Wildman–Crippen LogP) is 4.01. The molecule has 1 aromatic carbocycles. The quantitative estimate of drug-likeness (QED) is 0.808. The van der Waals surface area contributed by atoms with Gasteiger partial charge < -0.3 is 9.84 Å². The Labute approximate surface area is 123 Å². The number of halogens is 2. The average molecular weight is 305 g/mol. The largest absolute Gasteiger partial charge is 0.469 e. The Kier molecular flexibility index (Phi) is 6.63. The fourth-order valence-electron chi connectivity index (χ4n) is 1.97. The van der Waals surface area contributed by atoms with Crippen molar-refractivity contribution in [3.05, 3.63) is 33.8 Å². The van der Waals surface area contributed by atoms with Gasteiger partial charge in [-0.05, 0) is 18.6 Å². The molecular weight excluding hydrogens is 287 g/mol. The summed E-state index contributed by atoms with van der Waals surface area (Å²) in [5.41, 5.74) is 0.386. The summed E-state index contributed by atoms with van der Waals surface area (Å²) in [4.78, 5) is 11.8. The summed E-state index contributed by atoms with van der Waals surface area (Å²) < 4.78 is 4.75. The zero-order valence-corrected chi connectivity index (χ0v) is 12.5. The van der Waals surface area contributed by atoms with Crippen LogP contribution in [0.25, 0.3) is 0 Å². The van der Waals surface area contributed by atoms with E-state index in [1.54, 1.807) is 18.2 Å². The van der Waals surface area contributed by atoms with E-state index in [9.17, 15) is 9.90 Å². The molecule has 106 valence electrons. The molecule has 0 fully saturated rings. The van der Waals surface area contributed by atoms with Crippen LogP contribution in [0.4, 0.5) is 0 Å². The van der Waals surface area contributed by atoms with E-state index >= 15 is 0 Å². The number of hydrogen-bond donors (Lipinski definition) is 1. The van der Waals surface area contributed by atoms with Crippen molar-refractivity contribution in [3.8, 4) is 0 Å². The SMILES string of the molecule is CCCCC(C(=O)OC)C(O)c1c(Cl)cccc1Cl. The Balaban J connectivity index is 3.04. The van der Waals surface area contributed by atoms with E-state index in [0.717, 1.165) is 12.8 Å². The molecule has 0 amide bonds. The number of rotatable bonds is 6. The topological polar surface area (TPSA) is 46.5 Å². The number of carbonyl (C=O) groups is 1. The Morgan fingerprint density at radius 1 is 1.37 bits per heavy atom. The van der Waals surface area contributed by atoms with Gasteiger partial charge in [0.2, 0.25) is 0 Å². The monoisotopic (exact) mass is 304 g/mol. The number of carbonyl (C=O) groups excluding carboxylic acids is 1. The highest BCUT2D eigenvalue weighted by atomic mass is 35.5. The number of unbranched alkanes of at least 4 members (excludes halogenated alkanes) is 1. The highest BCUT2D eigenvalue weighted by Crippen LogP contribution is 2.36. The van der Waals surface area contributed by atoms with Crippen LogP contribution in [0.15, 0.2) is 18.2 Å². The molecule has 2 unspecified atom stereocenters. The van der Waals surface area contributed by atoms with Gasteiger partial charge in [-0.25, -0.2) is 0 Å². The van der Waals surface area contributed by atoms with Crippen LogP contribution in [0, 0.1) is 5.92 Å². The summed E-state index contributed by atoms with van der Waals surface area (Å²) in [6.07, 6.45) is 1.22. The second-order valence-electron chi connectivity index (χ2n) is 4.35. The second-order valence-corrected chi connectivity index (χ2v) is 5.17. The van der Waals surface area contributed by atoms with Gasteiger partial charge in [-0.1, -0.05) is 49.0 Å². The molecule has 0 spiro atoms. The van der Waals surface area contributed by atoms with E-state index < -0.39 is 18.0 Å². The number of esters is 1. The fourth-order valence-corrected chi connectivity index (χ4v) is 2.60. The van der Waals surface area contributed by atoms with E-state index in [2.05, 4.69) is 0 Å². The lowest BCUT2D eigenvalue weighted by Crippen LogP contribution is -2.24. The molecule has 19 heavy (non-hydrogen) atoms. The number of benzene rings is 1. The third-order valence-corrected chi connectivity index (χ3v) is 3.71. The summed E-state index contributed by atoms with van der Waals surface area (Å²) >= 11 is 12.1. The Hall–Kier alpha value is -0.770. The Morgan fingerprint density at radius 2 is 1.95 bits per heavy atom. The normalized spacial score (nSPS) is 13.9. The van der Waals surface area contributed by atoms with Crippen LogP contribution >= 0.6 is 23.2 Å². The van der Waals surface area contributed by atoms with E-state index in [4.69, 9.17) is 27.9 Å². The molecule has 0 heterocycles. The van der Waals surface area contributed by atoms with Crippen molar-refractivity contribution in [2.75, 3.05) is 7.11 Å². The lowest BCUT2D eigenvalue weighted by Gasteiger charge is -2.22. The summed E-state index contributed by atoms with van der Waals surface area (Å²) in [6, 6.07) is 4.97. The number of aliphatic hydroxyl groups excluding tert-OH is 1. The minimum absolute atomic E-state index is 0.352. The van der Waals surface area contributed by atoms with Gasteiger partial charge in [0.05, 0.1) is 19.1 Å². The molecule has 1 rings (SSSR count). The highest BCUT2D eigenvalue weighted by molar-refractivity contribution is 6.36. The van der Waals surface area contributed by atoms with Gasteiger partial charge in [0.1, 0.15) is 0 Å². The van der Waals surface area contributed by atoms with E-state index in [1.165, 1.54) is 7.11 Å².